The molecule has 0 aromatic heterocycles. The van der Waals surface area contributed by atoms with Gasteiger partial charge in [0.05, 0.1) is 7.11 Å². The largest absolute Gasteiger partial charge is 0.500 e. The zero-order valence-electron chi connectivity index (χ0n) is 7.30. The fourth-order valence-corrected chi connectivity index (χ4v) is 1.08. The number of hydrogen-bond donors (Lipinski definition) is 0. The first-order valence-electron chi connectivity index (χ1n) is 3.60. The first-order chi connectivity index (χ1) is 5.57. The van der Waals surface area contributed by atoms with Crippen LogP contribution in [0.2, 0.25) is 0 Å². The van der Waals surface area contributed by atoms with Gasteiger partial charge in [0, 0.05) is 5.57 Å². The Kier molecular flexibility index (Phi) is 2.13. The van der Waals surface area contributed by atoms with E-state index in [1.54, 1.807) is 13.8 Å². The Bertz CT molecular complexity index is 308. The van der Waals surface area contributed by atoms with Gasteiger partial charge >= 0.3 is 0 Å². The number of allylic oxidation sites excluding steroid dienone is 4. The first kappa shape index (κ1) is 8.71. The van der Waals surface area contributed by atoms with Crippen LogP contribution in [0.15, 0.2) is 23.0 Å². The Morgan fingerprint density at radius 3 is 2.33 bits per heavy atom. The zero-order valence-corrected chi connectivity index (χ0v) is 7.30. The Morgan fingerprint density at radius 1 is 1.42 bits per heavy atom. The SMILES string of the molecule is CO/C(C)=C1\C(=O)C=C(C)C1=O. The van der Waals surface area contributed by atoms with E-state index < -0.39 is 0 Å². The third kappa shape index (κ3) is 1.18. The Labute approximate surface area is 70.7 Å². The van der Waals surface area contributed by atoms with E-state index in [1.165, 1.54) is 13.2 Å². The second kappa shape index (κ2) is 2.93. The molecule has 1 aliphatic rings. The van der Waals surface area contributed by atoms with Crippen molar-refractivity contribution >= 4 is 11.6 Å². The molecule has 0 atom stereocenters. The quantitative estimate of drug-likeness (QED) is 0.331. The van der Waals surface area contributed by atoms with Crippen LogP contribution in [0, 0.1) is 0 Å². The fraction of sp³-hybridized carbons (Fsp3) is 0.333. The van der Waals surface area contributed by atoms with Crippen LogP contribution in [0.25, 0.3) is 0 Å². The molecule has 3 nitrogen and oxygen atoms in total. The lowest BCUT2D eigenvalue weighted by atomic mass is 10.1. The van der Waals surface area contributed by atoms with E-state index in [0.717, 1.165) is 0 Å². The van der Waals surface area contributed by atoms with Crippen LogP contribution in [-0.2, 0) is 14.3 Å². The number of methoxy groups -OCH3 is 1. The number of Topliss-reactive ketones (excluding diaryl/α,β-unsaturated/α-hetero) is 1. The van der Waals surface area contributed by atoms with E-state index in [0.29, 0.717) is 11.3 Å². The maximum absolute atomic E-state index is 11.3. The van der Waals surface area contributed by atoms with E-state index in [1.807, 2.05) is 0 Å². The van der Waals surface area contributed by atoms with Crippen molar-refractivity contribution in [1.29, 1.82) is 0 Å². The van der Waals surface area contributed by atoms with Crippen molar-refractivity contribution in [2.75, 3.05) is 7.11 Å². The van der Waals surface area contributed by atoms with Gasteiger partial charge in [-0.2, -0.15) is 0 Å². The van der Waals surface area contributed by atoms with Gasteiger partial charge < -0.3 is 4.74 Å². The van der Waals surface area contributed by atoms with Crippen molar-refractivity contribution in [3.63, 3.8) is 0 Å². The normalized spacial score (nSPS) is 21.1. The average Bonchev–Trinajstić information content (AvgIpc) is 2.26. The number of rotatable bonds is 1. The van der Waals surface area contributed by atoms with Crippen LogP contribution in [0.5, 0.6) is 0 Å². The van der Waals surface area contributed by atoms with Gasteiger partial charge in [0.25, 0.3) is 0 Å². The summed E-state index contributed by atoms with van der Waals surface area (Å²) < 4.78 is 4.83. The van der Waals surface area contributed by atoms with E-state index in [2.05, 4.69) is 0 Å². The lowest BCUT2D eigenvalue weighted by Crippen LogP contribution is -2.06. The Hall–Kier alpha value is -1.38. The number of carbonyl (C=O) groups excluding carboxylic acids is 2. The number of carbonyl (C=O) groups is 2. The van der Waals surface area contributed by atoms with Crippen molar-refractivity contribution < 1.29 is 14.3 Å². The molecule has 0 saturated carbocycles. The van der Waals surface area contributed by atoms with Crippen LogP contribution in [0.3, 0.4) is 0 Å². The van der Waals surface area contributed by atoms with Gasteiger partial charge in [-0.1, -0.05) is 0 Å². The summed E-state index contributed by atoms with van der Waals surface area (Å²) in [5, 5.41) is 0. The maximum Gasteiger partial charge on any atom is 0.196 e. The second-order valence-corrected chi connectivity index (χ2v) is 2.66. The molecule has 0 saturated heterocycles. The molecular formula is C9H10O3. The standard InChI is InChI=1S/C9H10O3/c1-5-4-7(10)8(9(5)11)6(2)12-3/h4H,1-3H3/b8-6+. The second-order valence-electron chi connectivity index (χ2n) is 2.66. The summed E-state index contributed by atoms with van der Waals surface area (Å²) in [6.07, 6.45) is 1.33. The van der Waals surface area contributed by atoms with Crippen LogP contribution >= 0.6 is 0 Å². The fourth-order valence-electron chi connectivity index (χ4n) is 1.08. The van der Waals surface area contributed by atoms with Crippen molar-refractivity contribution in [1.82, 2.24) is 0 Å². The summed E-state index contributed by atoms with van der Waals surface area (Å²) in [4.78, 5) is 22.4. The zero-order chi connectivity index (χ0) is 9.30. The summed E-state index contributed by atoms with van der Waals surface area (Å²) in [6, 6.07) is 0. The minimum atomic E-state index is -0.253. The summed E-state index contributed by atoms with van der Waals surface area (Å²) in [5.41, 5.74) is 0.640. The third-order valence-electron chi connectivity index (χ3n) is 1.84. The van der Waals surface area contributed by atoms with E-state index >= 15 is 0 Å². The number of ether oxygens (including phenoxy) is 1. The molecule has 0 spiro atoms. The summed E-state index contributed by atoms with van der Waals surface area (Å²) in [7, 11) is 1.44. The predicted molar refractivity (Wildman–Crippen MR) is 43.5 cm³/mol. The molecule has 1 aliphatic carbocycles. The Balaban J connectivity index is 3.15. The molecule has 0 radical (unpaired) electrons. The van der Waals surface area contributed by atoms with Crippen molar-refractivity contribution in [2.24, 2.45) is 0 Å². The van der Waals surface area contributed by atoms with E-state index in [-0.39, 0.29) is 17.1 Å². The topological polar surface area (TPSA) is 43.4 Å². The first-order valence-corrected chi connectivity index (χ1v) is 3.60. The van der Waals surface area contributed by atoms with Crippen LogP contribution in [-0.4, -0.2) is 18.7 Å². The van der Waals surface area contributed by atoms with Gasteiger partial charge in [-0.3, -0.25) is 9.59 Å². The molecule has 0 amide bonds. The predicted octanol–water partition coefficient (Wildman–Crippen LogP) is 1.00. The highest BCUT2D eigenvalue weighted by atomic mass is 16.5. The van der Waals surface area contributed by atoms with Gasteiger partial charge in [-0.05, 0) is 19.9 Å². The minimum Gasteiger partial charge on any atom is -0.500 e. The molecular weight excluding hydrogens is 156 g/mol. The molecule has 0 N–H and O–H groups in total. The smallest absolute Gasteiger partial charge is 0.196 e. The van der Waals surface area contributed by atoms with Gasteiger partial charge in [0.15, 0.2) is 11.6 Å². The van der Waals surface area contributed by atoms with E-state index in [4.69, 9.17) is 4.74 Å². The minimum absolute atomic E-state index is 0.162. The highest BCUT2D eigenvalue weighted by Crippen LogP contribution is 2.20. The highest BCUT2D eigenvalue weighted by Gasteiger charge is 2.28. The van der Waals surface area contributed by atoms with Crippen LogP contribution in [0.1, 0.15) is 13.8 Å². The van der Waals surface area contributed by atoms with Crippen molar-refractivity contribution in [3.8, 4) is 0 Å². The van der Waals surface area contributed by atoms with Gasteiger partial charge in [-0.15, -0.1) is 0 Å². The lowest BCUT2D eigenvalue weighted by Gasteiger charge is -2.01. The maximum atomic E-state index is 11.3. The highest BCUT2D eigenvalue weighted by molar-refractivity contribution is 6.35. The van der Waals surface area contributed by atoms with Gasteiger partial charge in [0.2, 0.25) is 0 Å². The molecule has 1 rings (SSSR count). The number of ketones is 2. The molecule has 0 heterocycles. The summed E-state index contributed by atoms with van der Waals surface area (Å²) >= 11 is 0. The van der Waals surface area contributed by atoms with Crippen molar-refractivity contribution in [3.05, 3.63) is 23.0 Å². The molecule has 0 bridgehead atoms. The molecule has 0 unspecified atom stereocenters. The van der Waals surface area contributed by atoms with Crippen molar-refractivity contribution in [2.45, 2.75) is 13.8 Å². The monoisotopic (exact) mass is 166 g/mol. The molecule has 3 heteroatoms. The molecule has 12 heavy (non-hydrogen) atoms. The van der Waals surface area contributed by atoms with Gasteiger partial charge in [0.1, 0.15) is 11.3 Å². The average molecular weight is 166 g/mol. The molecule has 0 fully saturated rings. The lowest BCUT2D eigenvalue weighted by molar-refractivity contribution is -0.116. The molecule has 64 valence electrons. The van der Waals surface area contributed by atoms with Crippen LogP contribution < -0.4 is 0 Å². The molecule has 0 aliphatic heterocycles. The summed E-state index contributed by atoms with van der Waals surface area (Å²) in [5.74, 6) is -0.0886. The van der Waals surface area contributed by atoms with Crippen LogP contribution in [0.4, 0.5) is 0 Å². The Morgan fingerprint density at radius 2 is 2.00 bits per heavy atom. The summed E-state index contributed by atoms with van der Waals surface area (Å²) in [6.45, 7) is 3.23. The third-order valence-corrected chi connectivity index (χ3v) is 1.84. The molecule has 0 aromatic carbocycles. The van der Waals surface area contributed by atoms with Gasteiger partial charge in [-0.25, -0.2) is 0 Å². The molecule has 0 aromatic rings. The number of hydrogen-bond acceptors (Lipinski definition) is 3. The van der Waals surface area contributed by atoms with E-state index in [9.17, 15) is 9.59 Å².